The number of imide groups is 1. The van der Waals surface area contributed by atoms with Crippen molar-refractivity contribution in [3.63, 3.8) is 0 Å². The van der Waals surface area contributed by atoms with Crippen LogP contribution in [0, 0.1) is 5.92 Å². The van der Waals surface area contributed by atoms with Gasteiger partial charge in [-0.05, 0) is 18.2 Å². The highest BCUT2D eigenvalue weighted by molar-refractivity contribution is 6.47. The van der Waals surface area contributed by atoms with E-state index in [2.05, 4.69) is 9.84 Å². The second-order valence-electron chi connectivity index (χ2n) is 5.25. The first kappa shape index (κ1) is 16.1. The zero-order valence-corrected chi connectivity index (χ0v) is 13.5. The molecule has 8 nitrogen and oxygen atoms in total. The van der Waals surface area contributed by atoms with Crippen LogP contribution < -0.4 is 4.90 Å². The van der Waals surface area contributed by atoms with E-state index in [1.165, 1.54) is 19.1 Å². The normalized spacial score (nSPS) is 22.5. The molecule has 1 fully saturated rings. The van der Waals surface area contributed by atoms with E-state index in [1.54, 1.807) is 12.1 Å². The molecule has 2 unspecified atom stereocenters. The number of methoxy groups -OCH3 is 1. The second kappa shape index (κ2) is 5.72. The number of nitrogens with zero attached hydrogens (tertiary/aromatic N) is 3. The number of carbonyl (C=O) groups is 4. The van der Waals surface area contributed by atoms with Gasteiger partial charge in [0.05, 0.1) is 12.8 Å². The van der Waals surface area contributed by atoms with Crippen LogP contribution >= 0.6 is 11.6 Å². The summed E-state index contributed by atoms with van der Waals surface area (Å²) in [5.74, 6) is -3.90. The molecule has 9 heteroatoms. The maximum atomic E-state index is 12.7. The van der Waals surface area contributed by atoms with Gasteiger partial charge in [0.1, 0.15) is 5.92 Å². The van der Waals surface area contributed by atoms with Gasteiger partial charge in [-0.25, -0.2) is 14.7 Å². The number of ether oxygens (including phenoxy) is 1. The minimum Gasteiger partial charge on any atom is -0.464 e. The highest BCUT2D eigenvalue weighted by atomic mass is 35.5. The van der Waals surface area contributed by atoms with Gasteiger partial charge in [-0.15, -0.1) is 0 Å². The molecule has 0 aliphatic carbocycles. The standard InChI is InChI=1S/C15H12ClN3O5/c1-7(20)19-12-10(11(17-19)15(23)24-2)13(21)18(14(12)22)9-5-3-4-8(16)6-9/h3-6,10,12H,1-2H3. The zero-order valence-electron chi connectivity index (χ0n) is 12.7. The topological polar surface area (TPSA) is 96.3 Å². The molecule has 3 rings (SSSR count). The van der Waals surface area contributed by atoms with Crippen molar-refractivity contribution in [1.29, 1.82) is 0 Å². The Balaban J connectivity index is 2.07. The molecule has 2 aliphatic heterocycles. The number of rotatable bonds is 2. The van der Waals surface area contributed by atoms with E-state index in [-0.39, 0.29) is 11.4 Å². The van der Waals surface area contributed by atoms with Crippen LogP contribution in [0.25, 0.3) is 0 Å². The zero-order chi connectivity index (χ0) is 17.6. The summed E-state index contributed by atoms with van der Waals surface area (Å²) < 4.78 is 4.60. The molecule has 0 spiro atoms. The summed E-state index contributed by atoms with van der Waals surface area (Å²) in [6, 6.07) is 4.98. The minimum atomic E-state index is -1.19. The average Bonchev–Trinajstić information content (AvgIpc) is 3.05. The summed E-state index contributed by atoms with van der Waals surface area (Å²) >= 11 is 5.91. The molecule has 2 aliphatic rings. The summed E-state index contributed by atoms with van der Waals surface area (Å²) in [7, 11) is 1.13. The summed E-state index contributed by atoms with van der Waals surface area (Å²) in [4.78, 5) is 50.0. The van der Waals surface area contributed by atoms with E-state index in [4.69, 9.17) is 11.6 Å². The van der Waals surface area contributed by atoms with Gasteiger partial charge in [0.15, 0.2) is 11.8 Å². The number of fused-ring (bicyclic) bond motifs is 1. The molecule has 0 bridgehead atoms. The highest BCUT2D eigenvalue weighted by Gasteiger charge is 2.59. The maximum Gasteiger partial charge on any atom is 0.355 e. The maximum absolute atomic E-state index is 12.7. The van der Waals surface area contributed by atoms with E-state index >= 15 is 0 Å². The number of carbonyl (C=O) groups excluding carboxylic acids is 4. The van der Waals surface area contributed by atoms with Gasteiger partial charge in [-0.3, -0.25) is 14.4 Å². The monoisotopic (exact) mass is 349 g/mol. The van der Waals surface area contributed by atoms with Crippen molar-refractivity contribution in [2.45, 2.75) is 13.0 Å². The van der Waals surface area contributed by atoms with E-state index < -0.39 is 35.7 Å². The van der Waals surface area contributed by atoms with Gasteiger partial charge in [0, 0.05) is 11.9 Å². The lowest BCUT2D eigenvalue weighted by atomic mass is 9.98. The highest BCUT2D eigenvalue weighted by Crippen LogP contribution is 2.36. The first-order valence-electron chi connectivity index (χ1n) is 6.96. The Kier molecular flexibility index (Phi) is 3.84. The predicted molar refractivity (Wildman–Crippen MR) is 83.2 cm³/mol. The van der Waals surface area contributed by atoms with Crippen molar-refractivity contribution < 1.29 is 23.9 Å². The van der Waals surface area contributed by atoms with Crippen LogP contribution in [0.15, 0.2) is 29.4 Å². The van der Waals surface area contributed by atoms with Crippen molar-refractivity contribution in [3.8, 4) is 0 Å². The Labute approximate surface area is 141 Å². The number of hydrogen-bond acceptors (Lipinski definition) is 6. The molecule has 124 valence electrons. The van der Waals surface area contributed by atoms with E-state index in [1.807, 2.05) is 0 Å². The van der Waals surface area contributed by atoms with Gasteiger partial charge in [-0.1, -0.05) is 17.7 Å². The third-order valence-corrected chi connectivity index (χ3v) is 4.07. The summed E-state index contributed by atoms with van der Waals surface area (Å²) in [6.45, 7) is 1.20. The fourth-order valence-corrected chi connectivity index (χ4v) is 3.00. The van der Waals surface area contributed by atoms with Crippen LogP contribution in [0.2, 0.25) is 5.02 Å². The number of anilines is 1. The predicted octanol–water partition coefficient (Wildman–Crippen LogP) is 0.589. The molecule has 1 saturated heterocycles. The Hall–Kier alpha value is -2.74. The van der Waals surface area contributed by atoms with Crippen molar-refractivity contribution in [3.05, 3.63) is 29.3 Å². The SMILES string of the molecule is COC(=O)C1=NN(C(C)=O)C2C(=O)N(c3cccc(Cl)c3)C(=O)C12. The molecule has 1 aromatic carbocycles. The Bertz CT molecular complexity index is 806. The summed E-state index contributed by atoms with van der Waals surface area (Å²) in [5, 5.41) is 5.01. The third-order valence-electron chi connectivity index (χ3n) is 3.83. The second-order valence-corrected chi connectivity index (χ2v) is 5.69. The number of hydrazone groups is 1. The fourth-order valence-electron chi connectivity index (χ4n) is 2.82. The Morgan fingerprint density at radius 1 is 1.25 bits per heavy atom. The molecular formula is C15H12ClN3O5. The van der Waals surface area contributed by atoms with E-state index in [0.717, 1.165) is 17.0 Å². The lowest BCUT2D eigenvalue weighted by molar-refractivity contribution is -0.136. The van der Waals surface area contributed by atoms with E-state index in [0.29, 0.717) is 5.02 Å². The molecule has 0 N–H and O–H groups in total. The first-order valence-corrected chi connectivity index (χ1v) is 7.34. The smallest absolute Gasteiger partial charge is 0.355 e. The van der Waals surface area contributed by atoms with Crippen LogP contribution in [-0.4, -0.2) is 47.6 Å². The van der Waals surface area contributed by atoms with E-state index in [9.17, 15) is 19.2 Å². The number of amides is 3. The number of halogens is 1. The van der Waals surface area contributed by atoms with Gasteiger partial charge >= 0.3 is 5.97 Å². The molecule has 0 saturated carbocycles. The number of benzene rings is 1. The Morgan fingerprint density at radius 3 is 2.54 bits per heavy atom. The summed E-state index contributed by atoms with van der Waals surface area (Å²) in [6.07, 6.45) is 0. The van der Waals surface area contributed by atoms with Gasteiger partial charge in [0.2, 0.25) is 11.8 Å². The lowest BCUT2D eigenvalue weighted by Crippen LogP contribution is -2.41. The molecule has 0 aromatic heterocycles. The minimum absolute atomic E-state index is 0.263. The van der Waals surface area contributed by atoms with Gasteiger partial charge < -0.3 is 4.74 Å². The van der Waals surface area contributed by atoms with Crippen molar-refractivity contribution >= 4 is 46.7 Å². The Morgan fingerprint density at radius 2 is 1.96 bits per heavy atom. The number of hydrogen-bond donors (Lipinski definition) is 0. The average molecular weight is 350 g/mol. The van der Waals surface area contributed by atoms with Crippen molar-refractivity contribution in [2.24, 2.45) is 11.0 Å². The van der Waals surface area contributed by atoms with Crippen molar-refractivity contribution in [1.82, 2.24) is 5.01 Å². The first-order chi connectivity index (χ1) is 11.4. The van der Waals surface area contributed by atoms with Crippen molar-refractivity contribution in [2.75, 3.05) is 12.0 Å². The van der Waals surface area contributed by atoms with Gasteiger partial charge in [0.25, 0.3) is 5.91 Å². The van der Waals surface area contributed by atoms with Crippen LogP contribution in [0.5, 0.6) is 0 Å². The van der Waals surface area contributed by atoms with Crippen LogP contribution in [0.3, 0.4) is 0 Å². The molecule has 2 atom stereocenters. The molecular weight excluding hydrogens is 338 g/mol. The largest absolute Gasteiger partial charge is 0.464 e. The molecule has 24 heavy (non-hydrogen) atoms. The summed E-state index contributed by atoms with van der Waals surface area (Å²) in [5.41, 5.74) is 0.000181. The fraction of sp³-hybridized carbons (Fsp3) is 0.267. The molecule has 1 aromatic rings. The van der Waals surface area contributed by atoms with Crippen LogP contribution in [0.1, 0.15) is 6.92 Å². The molecule has 2 heterocycles. The molecule has 3 amide bonds. The van der Waals surface area contributed by atoms with Crippen LogP contribution in [-0.2, 0) is 23.9 Å². The lowest BCUT2D eigenvalue weighted by Gasteiger charge is -2.19. The quantitative estimate of drug-likeness (QED) is 0.575. The third kappa shape index (κ3) is 2.26. The van der Waals surface area contributed by atoms with Gasteiger partial charge in [-0.2, -0.15) is 5.10 Å². The number of esters is 1. The molecule has 0 radical (unpaired) electrons. The van der Waals surface area contributed by atoms with Crippen LogP contribution in [0.4, 0.5) is 5.69 Å².